The van der Waals surface area contributed by atoms with Crippen LogP contribution in [0, 0.1) is 5.41 Å². The van der Waals surface area contributed by atoms with Crippen molar-refractivity contribution in [1.29, 1.82) is 0 Å². The molecule has 0 bridgehead atoms. The first-order chi connectivity index (χ1) is 6.11. The zero-order valence-electron chi connectivity index (χ0n) is 7.87. The van der Waals surface area contributed by atoms with Crippen molar-refractivity contribution in [2.45, 2.75) is 13.8 Å². The molecule has 1 aromatic carbocycles. The number of ketones is 1. The molecule has 0 heterocycles. The maximum atomic E-state index is 11.9. The topological polar surface area (TPSA) is 17.1 Å². The zero-order chi connectivity index (χ0) is 9.47. The summed E-state index contributed by atoms with van der Waals surface area (Å²) in [6.07, 6.45) is 3.99. The third-order valence-electron chi connectivity index (χ3n) is 2.47. The van der Waals surface area contributed by atoms with E-state index in [1.54, 1.807) is 0 Å². The molecule has 1 heteroatoms. The second-order valence-corrected chi connectivity index (χ2v) is 3.97. The van der Waals surface area contributed by atoms with E-state index in [0.29, 0.717) is 0 Å². The zero-order valence-corrected chi connectivity index (χ0v) is 7.87. The van der Waals surface area contributed by atoms with Crippen LogP contribution in [-0.2, 0) is 0 Å². The summed E-state index contributed by atoms with van der Waals surface area (Å²) in [5.41, 5.74) is 1.54. The number of fused-ring (bicyclic) bond motifs is 1. The van der Waals surface area contributed by atoms with Crippen molar-refractivity contribution < 1.29 is 4.79 Å². The summed E-state index contributed by atoms with van der Waals surface area (Å²) in [4.78, 5) is 11.9. The minimum Gasteiger partial charge on any atom is -0.293 e. The molecule has 1 nitrogen and oxygen atoms in total. The average Bonchev–Trinajstić information content (AvgIpc) is 2.13. The third kappa shape index (κ3) is 1.21. The Hall–Kier alpha value is -1.37. The standard InChI is InChI=1S/C12H12O/c1-12(2)8-7-9-5-3-4-6-10(9)11(12)13/h3-8H,1-2H3. The van der Waals surface area contributed by atoms with Crippen LogP contribution in [0.2, 0.25) is 0 Å². The van der Waals surface area contributed by atoms with Crippen molar-refractivity contribution in [1.82, 2.24) is 0 Å². The fraction of sp³-hybridized carbons (Fsp3) is 0.250. The molecule has 0 spiro atoms. The lowest BCUT2D eigenvalue weighted by atomic mass is 9.78. The molecule has 1 aliphatic rings. The average molecular weight is 172 g/mol. The predicted molar refractivity (Wildman–Crippen MR) is 53.6 cm³/mol. The normalized spacial score (nSPS) is 18.5. The Morgan fingerprint density at radius 1 is 1.15 bits per heavy atom. The van der Waals surface area contributed by atoms with Crippen LogP contribution in [0.5, 0.6) is 0 Å². The summed E-state index contributed by atoms with van der Waals surface area (Å²) in [5, 5.41) is 0. The molecule has 0 atom stereocenters. The number of carbonyl (C=O) groups is 1. The molecule has 0 N–H and O–H groups in total. The summed E-state index contributed by atoms with van der Waals surface area (Å²) in [7, 11) is 0. The molecule has 0 radical (unpaired) electrons. The Bertz CT molecular complexity index is 386. The highest BCUT2D eigenvalue weighted by molar-refractivity contribution is 6.06. The van der Waals surface area contributed by atoms with Crippen molar-refractivity contribution in [3.8, 4) is 0 Å². The van der Waals surface area contributed by atoms with E-state index < -0.39 is 0 Å². The van der Waals surface area contributed by atoms with Crippen LogP contribution in [0.15, 0.2) is 30.3 Å². The maximum Gasteiger partial charge on any atom is 0.172 e. The highest BCUT2D eigenvalue weighted by Crippen LogP contribution is 2.31. The monoisotopic (exact) mass is 172 g/mol. The Kier molecular flexibility index (Phi) is 1.62. The van der Waals surface area contributed by atoms with Gasteiger partial charge in [0.15, 0.2) is 5.78 Å². The third-order valence-corrected chi connectivity index (χ3v) is 2.47. The van der Waals surface area contributed by atoms with E-state index >= 15 is 0 Å². The lowest BCUT2D eigenvalue weighted by molar-refractivity contribution is 0.0883. The number of Topliss-reactive ketones (excluding diaryl/α,β-unsaturated/α-hetero) is 1. The first-order valence-corrected chi connectivity index (χ1v) is 4.44. The van der Waals surface area contributed by atoms with Crippen molar-refractivity contribution in [3.63, 3.8) is 0 Å². The van der Waals surface area contributed by atoms with Crippen molar-refractivity contribution in [2.75, 3.05) is 0 Å². The molecule has 0 unspecified atom stereocenters. The quantitative estimate of drug-likeness (QED) is 0.588. The Morgan fingerprint density at radius 2 is 1.85 bits per heavy atom. The van der Waals surface area contributed by atoms with Crippen LogP contribution in [0.3, 0.4) is 0 Å². The van der Waals surface area contributed by atoms with E-state index in [-0.39, 0.29) is 11.2 Å². The molecule has 0 amide bonds. The summed E-state index contributed by atoms with van der Waals surface area (Å²) in [6, 6.07) is 7.72. The van der Waals surface area contributed by atoms with E-state index in [0.717, 1.165) is 11.1 Å². The van der Waals surface area contributed by atoms with Gasteiger partial charge in [-0.1, -0.05) is 36.4 Å². The molecule has 1 aromatic rings. The van der Waals surface area contributed by atoms with Gasteiger partial charge >= 0.3 is 0 Å². The second kappa shape index (κ2) is 2.56. The second-order valence-electron chi connectivity index (χ2n) is 3.97. The van der Waals surface area contributed by atoms with Crippen LogP contribution in [0.1, 0.15) is 29.8 Å². The highest BCUT2D eigenvalue weighted by Gasteiger charge is 2.29. The Morgan fingerprint density at radius 3 is 2.62 bits per heavy atom. The molecule has 1 aliphatic carbocycles. The van der Waals surface area contributed by atoms with Gasteiger partial charge in [-0.3, -0.25) is 4.79 Å². The van der Waals surface area contributed by atoms with E-state index in [4.69, 9.17) is 0 Å². The van der Waals surface area contributed by atoms with Gasteiger partial charge in [-0.25, -0.2) is 0 Å². The van der Waals surface area contributed by atoms with Crippen molar-refractivity contribution in [2.24, 2.45) is 5.41 Å². The van der Waals surface area contributed by atoms with Crippen LogP contribution in [0.4, 0.5) is 0 Å². The lowest BCUT2D eigenvalue weighted by Crippen LogP contribution is -2.25. The van der Waals surface area contributed by atoms with Crippen LogP contribution < -0.4 is 0 Å². The Balaban J connectivity index is 2.62. The summed E-state index contributed by atoms with van der Waals surface area (Å²) >= 11 is 0. The summed E-state index contributed by atoms with van der Waals surface area (Å²) < 4.78 is 0. The van der Waals surface area contributed by atoms with Crippen molar-refractivity contribution >= 4 is 11.9 Å². The molecule has 2 rings (SSSR count). The van der Waals surface area contributed by atoms with Gasteiger partial charge in [0, 0.05) is 11.0 Å². The fourth-order valence-electron chi connectivity index (χ4n) is 1.57. The fourth-order valence-corrected chi connectivity index (χ4v) is 1.57. The van der Waals surface area contributed by atoms with Gasteiger partial charge in [0.25, 0.3) is 0 Å². The first-order valence-electron chi connectivity index (χ1n) is 4.44. The van der Waals surface area contributed by atoms with E-state index in [2.05, 4.69) is 0 Å². The van der Waals surface area contributed by atoms with E-state index in [1.807, 2.05) is 50.3 Å². The molecule has 0 saturated carbocycles. The maximum absolute atomic E-state index is 11.9. The van der Waals surface area contributed by atoms with Gasteiger partial charge in [0.2, 0.25) is 0 Å². The van der Waals surface area contributed by atoms with Crippen LogP contribution in [0.25, 0.3) is 6.08 Å². The van der Waals surface area contributed by atoms with E-state index in [1.165, 1.54) is 0 Å². The minimum absolute atomic E-state index is 0.214. The predicted octanol–water partition coefficient (Wildman–Crippen LogP) is 2.92. The molecule has 0 fully saturated rings. The van der Waals surface area contributed by atoms with Gasteiger partial charge in [0.05, 0.1) is 0 Å². The van der Waals surface area contributed by atoms with Gasteiger partial charge in [-0.2, -0.15) is 0 Å². The molecule has 0 saturated heterocycles. The van der Waals surface area contributed by atoms with E-state index in [9.17, 15) is 4.79 Å². The number of hydrogen-bond acceptors (Lipinski definition) is 1. The lowest BCUT2D eigenvalue weighted by Gasteiger charge is -2.23. The highest BCUT2D eigenvalue weighted by atomic mass is 16.1. The number of rotatable bonds is 0. The number of allylic oxidation sites excluding steroid dienone is 1. The first kappa shape index (κ1) is 8.24. The molecule has 0 aromatic heterocycles. The summed E-state index contributed by atoms with van der Waals surface area (Å²) in [6.45, 7) is 3.89. The van der Waals surface area contributed by atoms with Crippen LogP contribution in [-0.4, -0.2) is 5.78 Å². The van der Waals surface area contributed by atoms with Crippen molar-refractivity contribution in [3.05, 3.63) is 41.5 Å². The molecular formula is C12H12O. The van der Waals surface area contributed by atoms with Gasteiger partial charge < -0.3 is 0 Å². The van der Waals surface area contributed by atoms with Crippen LogP contribution >= 0.6 is 0 Å². The summed E-state index contributed by atoms with van der Waals surface area (Å²) in [5.74, 6) is 0.214. The molecule has 0 aliphatic heterocycles. The molecular weight excluding hydrogens is 160 g/mol. The minimum atomic E-state index is -0.339. The van der Waals surface area contributed by atoms with Gasteiger partial charge in [-0.05, 0) is 19.4 Å². The molecule has 13 heavy (non-hydrogen) atoms. The number of benzene rings is 1. The molecule has 66 valence electrons. The number of carbonyl (C=O) groups excluding carboxylic acids is 1. The largest absolute Gasteiger partial charge is 0.293 e. The Labute approximate surface area is 78.1 Å². The van der Waals surface area contributed by atoms with Gasteiger partial charge in [-0.15, -0.1) is 0 Å². The SMILES string of the molecule is CC1(C)C=Cc2ccccc2C1=O. The smallest absolute Gasteiger partial charge is 0.172 e. The van der Waals surface area contributed by atoms with Gasteiger partial charge in [0.1, 0.15) is 0 Å². The number of hydrogen-bond donors (Lipinski definition) is 0.